The Bertz CT molecular complexity index is 889. The van der Waals surface area contributed by atoms with Crippen molar-refractivity contribution in [3.05, 3.63) is 52.6 Å². The number of hydrogen-bond donors (Lipinski definition) is 2. The Balaban J connectivity index is 1.76. The zero-order valence-electron chi connectivity index (χ0n) is 13.9. The molecule has 134 valence electrons. The molecule has 6 nitrogen and oxygen atoms in total. The SMILES string of the molecule is COCCNC(=O)c1cccc(-c2ccc(/C=C3\SC(=S)NC3=O)o2)c1. The molecule has 2 aromatic rings. The Morgan fingerprint density at radius 2 is 2.23 bits per heavy atom. The molecular weight excluding hydrogens is 372 g/mol. The first-order valence-corrected chi connectivity index (χ1v) is 9.01. The number of amides is 2. The number of ether oxygens (including phenoxy) is 1. The zero-order chi connectivity index (χ0) is 18.5. The van der Waals surface area contributed by atoms with Crippen LogP contribution in [0.1, 0.15) is 16.1 Å². The molecule has 1 aliphatic rings. The van der Waals surface area contributed by atoms with Gasteiger partial charge in [0.2, 0.25) is 0 Å². The van der Waals surface area contributed by atoms with E-state index in [2.05, 4.69) is 10.6 Å². The number of nitrogens with one attached hydrogen (secondary N) is 2. The Labute approximate surface area is 160 Å². The molecule has 2 amide bonds. The molecule has 0 saturated carbocycles. The van der Waals surface area contributed by atoms with Gasteiger partial charge in [0.05, 0.1) is 11.5 Å². The van der Waals surface area contributed by atoms with Crippen molar-refractivity contribution in [2.45, 2.75) is 0 Å². The number of hydrogen-bond acceptors (Lipinski definition) is 6. The molecule has 0 atom stereocenters. The van der Waals surface area contributed by atoms with E-state index in [0.717, 1.165) is 5.56 Å². The highest BCUT2D eigenvalue weighted by Gasteiger charge is 2.22. The smallest absolute Gasteiger partial charge is 0.263 e. The minimum absolute atomic E-state index is 0.176. The number of furan rings is 1. The van der Waals surface area contributed by atoms with Gasteiger partial charge in [-0.15, -0.1) is 0 Å². The molecule has 2 N–H and O–H groups in total. The molecule has 1 aliphatic heterocycles. The van der Waals surface area contributed by atoms with Crippen LogP contribution in [0.2, 0.25) is 0 Å². The predicted molar refractivity (Wildman–Crippen MR) is 105 cm³/mol. The highest BCUT2D eigenvalue weighted by atomic mass is 32.2. The van der Waals surface area contributed by atoms with Crippen molar-refractivity contribution in [1.29, 1.82) is 0 Å². The molecule has 2 heterocycles. The maximum absolute atomic E-state index is 12.1. The number of thioether (sulfide) groups is 1. The molecule has 0 bridgehead atoms. The van der Waals surface area contributed by atoms with Gasteiger partial charge in [0.1, 0.15) is 15.8 Å². The molecule has 1 fully saturated rings. The van der Waals surface area contributed by atoms with E-state index in [9.17, 15) is 9.59 Å². The molecule has 0 unspecified atom stereocenters. The number of thiocarbonyl (C=S) groups is 1. The van der Waals surface area contributed by atoms with Crippen LogP contribution < -0.4 is 10.6 Å². The van der Waals surface area contributed by atoms with Crippen LogP contribution in [0.25, 0.3) is 17.4 Å². The van der Waals surface area contributed by atoms with E-state index in [1.807, 2.05) is 6.07 Å². The number of carbonyl (C=O) groups excluding carboxylic acids is 2. The minimum Gasteiger partial charge on any atom is -0.457 e. The van der Waals surface area contributed by atoms with Gasteiger partial charge in [0, 0.05) is 30.9 Å². The summed E-state index contributed by atoms with van der Waals surface area (Å²) in [5.41, 5.74) is 1.30. The van der Waals surface area contributed by atoms with Gasteiger partial charge in [-0.3, -0.25) is 9.59 Å². The highest BCUT2D eigenvalue weighted by molar-refractivity contribution is 8.26. The summed E-state index contributed by atoms with van der Waals surface area (Å²) in [5.74, 6) is 0.740. The molecule has 26 heavy (non-hydrogen) atoms. The van der Waals surface area contributed by atoms with E-state index in [-0.39, 0.29) is 11.8 Å². The maximum atomic E-state index is 12.1. The summed E-state index contributed by atoms with van der Waals surface area (Å²) in [4.78, 5) is 24.3. The predicted octanol–water partition coefficient (Wildman–Crippen LogP) is 2.81. The topological polar surface area (TPSA) is 80.6 Å². The molecule has 0 aliphatic carbocycles. The van der Waals surface area contributed by atoms with Gasteiger partial charge in [-0.05, 0) is 24.3 Å². The highest BCUT2D eigenvalue weighted by Crippen LogP contribution is 2.29. The van der Waals surface area contributed by atoms with E-state index in [4.69, 9.17) is 21.4 Å². The van der Waals surface area contributed by atoms with Crippen LogP contribution in [0.15, 0.2) is 45.7 Å². The summed E-state index contributed by atoms with van der Waals surface area (Å²) in [6, 6.07) is 10.7. The van der Waals surface area contributed by atoms with E-state index in [0.29, 0.717) is 39.5 Å². The minimum atomic E-state index is -0.229. The van der Waals surface area contributed by atoms with Crippen molar-refractivity contribution in [3.63, 3.8) is 0 Å². The number of benzene rings is 1. The lowest BCUT2D eigenvalue weighted by Gasteiger charge is -2.05. The van der Waals surface area contributed by atoms with Crippen molar-refractivity contribution in [1.82, 2.24) is 10.6 Å². The van der Waals surface area contributed by atoms with Gasteiger partial charge < -0.3 is 19.8 Å². The summed E-state index contributed by atoms with van der Waals surface area (Å²) in [6.07, 6.45) is 1.64. The van der Waals surface area contributed by atoms with Gasteiger partial charge >= 0.3 is 0 Å². The molecule has 0 radical (unpaired) electrons. The van der Waals surface area contributed by atoms with E-state index in [1.165, 1.54) is 11.8 Å². The molecule has 0 spiro atoms. The molecule has 1 saturated heterocycles. The lowest BCUT2D eigenvalue weighted by atomic mass is 10.1. The first kappa shape index (κ1) is 18.4. The average Bonchev–Trinajstić information content (AvgIpc) is 3.22. The van der Waals surface area contributed by atoms with Crippen LogP contribution in [0.4, 0.5) is 0 Å². The summed E-state index contributed by atoms with van der Waals surface area (Å²) in [5, 5.41) is 5.34. The Hall–Kier alpha value is -2.42. The Kier molecular flexibility index (Phi) is 5.87. The summed E-state index contributed by atoms with van der Waals surface area (Å²) < 4.78 is 11.1. The van der Waals surface area contributed by atoms with Crippen LogP contribution in [0, 0.1) is 0 Å². The van der Waals surface area contributed by atoms with Crippen molar-refractivity contribution in [2.24, 2.45) is 0 Å². The van der Waals surface area contributed by atoms with E-state index < -0.39 is 0 Å². The second-order valence-corrected chi connectivity index (χ2v) is 7.10. The van der Waals surface area contributed by atoms with Crippen LogP contribution in [0.3, 0.4) is 0 Å². The van der Waals surface area contributed by atoms with Gasteiger partial charge in [-0.25, -0.2) is 0 Å². The summed E-state index contributed by atoms with van der Waals surface area (Å²) in [7, 11) is 1.58. The molecule has 1 aromatic carbocycles. The Morgan fingerprint density at radius 1 is 1.38 bits per heavy atom. The second-order valence-electron chi connectivity index (χ2n) is 5.38. The second kappa shape index (κ2) is 8.31. The van der Waals surface area contributed by atoms with Crippen LogP contribution in [-0.4, -0.2) is 36.4 Å². The van der Waals surface area contributed by atoms with Crippen LogP contribution >= 0.6 is 24.0 Å². The van der Waals surface area contributed by atoms with Gasteiger partial charge in [0.15, 0.2) is 0 Å². The summed E-state index contributed by atoms with van der Waals surface area (Å²) >= 11 is 6.16. The number of rotatable bonds is 6. The average molecular weight is 388 g/mol. The molecule has 8 heteroatoms. The quantitative estimate of drug-likeness (QED) is 0.450. The Morgan fingerprint density at radius 3 is 2.96 bits per heavy atom. The fourth-order valence-electron chi connectivity index (χ4n) is 2.32. The van der Waals surface area contributed by atoms with Crippen molar-refractivity contribution in [2.75, 3.05) is 20.3 Å². The zero-order valence-corrected chi connectivity index (χ0v) is 15.5. The van der Waals surface area contributed by atoms with Gasteiger partial charge in [-0.1, -0.05) is 36.1 Å². The monoisotopic (exact) mass is 388 g/mol. The van der Waals surface area contributed by atoms with Crippen LogP contribution in [0.5, 0.6) is 0 Å². The molecule has 3 rings (SSSR count). The normalized spacial score (nSPS) is 15.3. The number of carbonyl (C=O) groups is 2. The third kappa shape index (κ3) is 4.40. The van der Waals surface area contributed by atoms with Crippen molar-refractivity contribution >= 4 is 46.2 Å². The third-order valence-corrected chi connectivity index (χ3v) is 4.71. The lowest BCUT2D eigenvalue weighted by Crippen LogP contribution is -2.26. The van der Waals surface area contributed by atoms with E-state index >= 15 is 0 Å². The fourth-order valence-corrected chi connectivity index (χ4v) is 3.34. The van der Waals surface area contributed by atoms with E-state index in [1.54, 1.807) is 43.5 Å². The standard InChI is InChI=1S/C18H16N2O4S2/c1-23-8-7-19-16(21)12-4-2-3-11(9-12)14-6-5-13(24-14)10-15-17(22)20-18(25)26-15/h2-6,9-10H,7-8H2,1H3,(H,19,21)(H,20,22,25)/b15-10-. The maximum Gasteiger partial charge on any atom is 0.263 e. The number of methoxy groups -OCH3 is 1. The fraction of sp³-hybridized carbons (Fsp3) is 0.167. The molecule has 1 aromatic heterocycles. The summed E-state index contributed by atoms with van der Waals surface area (Å²) in [6.45, 7) is 0.899. The van der Waals surface area contributed by atoms with Crippen molar-refractivity contribution < 1.29 is 18.7 Å². The molecular formula is C18H16N2O4S2. The van der Waals surface area contributed by atoms with Crippen LogP contribution in [-0.2, 0) is 9.53 Å². The first-order valence-electron chi connectivity index (χ1n) is 7.79. The lowest BCUT2D eigenvalue weighted by molar-refractivity contribution is -0.115. The first-order chi connectivity index (χ1) is 12.6. The van der Waals surface area contributed by atoms with Gasteiger partial charge in [0.25, 0.3) is 11.8 Å². The largest absolute Gasteiger partial charge is 0.457 e. The van der Waals surface area contributed by atoms with Crippen molar-refractivity contribution in [3.8, 4) is 11.3 Å². The van der Waals surface area contributed by atoms with Gasteiger partial charge in [-0.2, -0.15) is 0 Å². The third-order valence-electron chi connectivity index (χ3n) is 3.54.